The molecule has 9 heteroatoms. The molecule has 0 radical (unpaired) electrons. The second-order valence-electron chi connectivity index (χ2n) is 3.79. The molecule has 18 heavy (non-hydrogen) atoms. The first-order valence-corrected chi connectivity index (χ1v) is 6.69. The van der Waals surface area contributed by atoms with Crippen molar-refractivity contribution in [1.29, 1.82) is 0 Å². The fourth-order valence-electron chi connectivity index (χ4n) is 1.51. The highest BCUT2D eigenvalue weighted by molar-refractivity contribution is 7.89. The van der Waals surface area contributed by atoms with Crippen LogP contribution in [0.25, 0.3) is 0 Å². The van der Waals surface area contributed by atoms with E-state index in [4.69, 9.17) is 5.11 Å². The van der Waals surface area contributed by atoms with Crippen LogP contribution in [0.5, 0.6) is 0 Å². The highest BCUT2D eigenvalue weighted by Gasteiger charge is 2.36. The van der Waals surface area contributed by atoms with E-state index in [1.54, 1.807) is 0 Å². The molecule has 0 bridgehead atoms. The zero-order chi connectivity index (χ0) is 14.0. The molecule has 1 heterocycles. The third kappa shape index (κ3) is 3.98. The lowest BCUT2D eigenvalue weighted by atomic mass is 10.1. The third-order valence-corrected chi connectivity index (χ3v) is 4.34. The Bertz CT molecular complexity index is 455. The Morgan fingerprint density at radius 1 is 1.44 bits per heavy atom. The van der Waals surface area contributed by atoms with Crippen molar-refractivity contribution in [3.8, 4) is 0 Å². The van der Waals surface area contributed by atoms with Crippen molar-refractivity contribution in [2.75, 3.05) is 18.8 Å². The van der Waals surface area contributed by atoms with Crippen LogP contribution < -0.4 is 0 Å². The Labute approximate surface area is 102 Å². The van der Waals surface area contributed by atoms with Gasteiger partial charge in [-0.25, -0.2) is 8.42 Å². The molecule has 0 aromatic carbocycles. The second-order valence-corrected chi connectivity index (χ2v) is 5.88. The predicted octanol–water partition coefficient (Wildman–Crippen LogP) is 0.985. The van der Waals surface area contributed by atoms with Crippen LogP contribution in [-0.4, -0.2) is 48.8 Å². The number of hydrogen-bond donors (Lipinski definition) is 1. The maximum atomic E-state index is 12.3. The summed E-state index contributed by atoms with van der Waals surface area (Å²) >= 11 is 0. The van der Waals surface area contributed by atoms with Crippen LogP contribution >= 0.6 is 0 Å². The Morgan fingerprint density at radius 3 is 2.44 bits per heavy atom. The smallest absolute Gasteiger partial charge is 0.412 e. The Kier molecular flexibility index (Phi) is 4.38. The average molecular weight is 287 g/mol. The lowest BCUT2D eigenvalue weighted by Crippen LogP contribution is -2.38. The SMILES string of the molecule is O=C(O)CCS(=O)(=O)N1CC=C(C(F)(F)F)CC1. The molecule has 0 aromatic rings. The van der Waals surface area contributed by atoms with Gasteiger partial charge in [-0.1, -0.05) is 6.08 Å². The van der Waals surface area contributed by atoms with Gasteiger partial charge in [-0.15, -0.1) is 0 Å². The van der Waals surface area contributed by atoms with Gasteiger partial charge in [0.2, 0.25) is 10.0 Å². The molecule has 104 valence electrons. The van der Waals surface area contributed by atoms with Gasteiger partial charge in [0.1, 0.15) is 0 Å². The highest BCUT2D eigenvalue weighted by atomic mass is 32.2. The van der Waals surface area contributed by atoms with Crippen LogP contribution in [0.3, 0.4) is 0 Å². The maximum Gasteiger partial charge on any atom is 0.412 e. The maximum absolute atomic E-state index is 12.3. The molecule has 0 spiro atoms. The Morgan fingerprint density at radius 2 is 2.06 bits per heavy atom. The van der Waals surface area contributed by atoms with Gasteiger partial charge in [0.25, 0.3) is 0 Å². The summed E-state index contributed by atoms with van der Waals surface area (Å²) in [7, 11) is -3.81. The average Bonchev–Trinajstić information content (AvgIpc) is 2.26. The fraction of sp³-hybridized carbons (Fsp3) is 0.667. The standard InChI is InChI=1S/C9H12F3NO4S/c10-9(11,12)7-1-4-13(5-2-7)18(16,17)6-3-8(14)15/h1H,2-6H2,(H,14,15). The molecule has 0 amide bonds. The summed E-state index contributed by atoms with van der Waals surface area (Å²) in [5.74, 6) is -1.86. The van der Waals surface area contributed by atoms with E-state index >= 15 is 0 Å². The van der Waals surface area contributed by atoms with E-state index in [2.05, 4.69) is 0 Å². The zero-order valence-corrected chi connectivity index (χ0v) is 10.1. The van der Waals surface area contributed by atoms with Crippen molar-refractivity contribution in [2.24, 2.45) is 0 Å². The lowest BCUT2D eigenvalue weighted by Gasteiger charge is -2.26. The third-order valence-electron chi connectivity index (χ3n) is 2.50. The quantitative estimate of drug-likeness (QED) is 0.782. The Hall–Kier alpha value is -1.09. The number of sulfonamides is 1. The molecule has 0 saturated heterocycles. The van der Waals surface area contributed by atoms with Crippen molar-refractivity contribution >= 4 is 16.0 Å². The predicted molar refractivity (Wildman–Crippen MR) is 56.4 cm³/mol. The summed E-state index contributed by atoms with van der Waals surface area (Å²) in [5, 5.41) is 8.38. The van der Waals surface area contributed by atoms with Gasteiger partial charge in [-0.3, -0.25) is 4.79 Å². The van der Waals surface area contributed by atoms with Gasteiger partial charge in [0.15, 0.2) is 0 Å². The monoisotopic (exact) mass is 287 g/mol. The van der Waals surface area contributed by atoms with Crippen molar-refractivity contribution in [2.45, 2.75) is 19.0 Å². The Balaban J connectivity index is 2.67. The molecule has 1 aliphatic heterocycles. The molecule has 1 rings (SSSR count). The molecular formula is C9H12F3NO4S. The lowest BCUT2D eigenvalue weighted by molar-refractivity contribution is -0.136. The molecule has 0 aromatic heterocycles. The summed E-state index contributed by atoms with van der Waals surface area (Å²) in [6.07, 6.45) is -4.58. The first-order valence-electron chi connectivity index (χ1n) is 5.09. The molecule has 1 N–H and O–H groups in total. The molecule has 0 saturated carbocycles. The highest BCUT2D eigenvalue weighted by Crippen LogP contribution is 2.30. The van der Waals surface area contributed by atoms with E-state index < -0.39 is 46.3 Å². The summed E-state index contributed by atoms with van der Waals surface area (Å²) < 4.78 is 61.0. The second kappa shape index (κ2) is 5.27. The van der Waals surface area contributed by atoms with Crippen molar-refractivity contribution < 1.29 is 31.5 Å². The number of carbonyl (C=O) groups is 1. The van der Waals surface area contributed by atoms with Crippen molar-refractivity contribution in [3.63, 3.8) is 0 Å². The number of aliphatic carboxylic acids is 1. The van der Waals surface area contributed by atoms with Gasteiger partial charge >= 0.3 is 12.1 Å². The topological polar surface area (TPSA) is 74.7 Å². The van der Waals surface area contributed by atoms with Crippen molar-refractivity contribution in [3.05, 3.63) is 11.6 Å². The van der Waals surface area contributed by atoms with E-state index in [9.17, 15) is 26.4 Å². The summed E-state index contributed by atoms with van der Waals surface area (Å²) in [6.45, 7) is -0.635. The van der Waals surface area contributed by atoms with E-state index in [0.29, 0.717) is 0 Å². The van der Waals surface area contributed by atoms with Crippen LogP contribution in [-0.2, 0) is 14.8 Å². The summed E-state index contributed by atoms with van der Waals surface area (Å²) in [5.41, 5.74) is -0.743. The molecule has 1 aliphatic rings. The minimum Gasteiger partial charge on any atom is -0.481 e. The molecule has 0 fully saturated rings. The first-order chi connectivity index (χ1) is 8.13. The fourth-order valence-corrected chi connectivity index (χ4v) is 2.87. The van der Waals surface area contributed by atoms with Crippen molar-refractivity contribution in [1.82, 2.24) is 4.31 Å². The first kappa shape index (κ1) is 15.0. The number of rotatable bonds is 4. The van der Waals surface area contributed by atoms with Crippen LogP contribution in [0, 0.1) is 0 Å². The van der Waals surface area contributed by atoms with Crippen LogP contribution in [0.15, 0.2) is 11.6 Å². The summed E-state index contributed by atoms with van der Waals surface area (Å²) in [4.78, 5) is 10.3. The number of nitrogens with zero attached hydrogens (tertiary/aromatic N) is 1. The van der Waals surface area contributed by atoms with E-state index in [1.807, 2.05) is 0 Å². The number of halogens is 3. The van der Waals surface area contributed by atoms with E-state index in [1.165, 1.54) is 0 Å². The largest absolute Gasteiger partial charge is 0.481 e. The molecular weight excluding hydrogens is 275 g/mol. The van der Waals surface area contributed by atoms with Gasteiger partial charge in [0.05, 0.1) is 12.2 Å². The van der Waals surface area contributed by atoms with E-state index in [0.717, 1.165) is 10.4 Å². The molecule has 0 unspecified atom stereocenters. The van der Waals surface area contributed by atoms with Gasteiger partial charge in [-0.2, -0.15) is 17.5 Å². The minimum atomic E-state index is -4.43. The molecule has 0 atom stereocenters. The number of alkyl halides is 3. The van der Waals surface area contributed by atoms with Gasteiger partial charge in [0, 0.05) is 18.7 Å². The number of carboxylic acids is 1. The van der Waals surface area contributed by atoms with Gasteiger partial charge in [-0.05, 0) is 6.42 Å². The van der Waals surface area contributed by atoms with Crippen LogP contribution in [0.1, 0.15) is 12.8 Å². The number of carboxylic acid groups (broad SMARTS) is 1. The van der Waals surface area contributed by atoms with Crippen LogP contribution in [0.4, 0.5) is 13.2 Å². The van der Waals surface area contributed by atoms with Crippen LogP contribution in [0.2, 0.25) is 0 Å². The molecule has 5 nitrogen and oxygen atoms in total. The molecule has 0 aliphatic carbocycles. The number of hydrogen-bond acceptors (Lipinski definition) is 3. The van der Waals surface area contributed by atoms with Gasteiger partial charge < -0.3 is 5.11 Å². The minimum absolute atomic E-state index is 0.271. The van der Waals surface area contributed by atoms with E-state index in [-0.39, 0.29) is 13.1 Å². The normalized spacial score (nSPS) is 18.5. The zero-order valence-electron chi connectivity index (χ0n) is 9.27. The summed E-state index contributed by atoms with van der Waals surface area (Å²) in [6, 6.07) is 0.